The van der Waals surface area contributed by atoms with E-state index in [-0.39, 0.29) is 0 Å². The summed E-state index contributed by atoms with van der Waals surface area (Å²) in [5, 5.41) is 6.86. The van der Waals surface area contributed by atoms with Crippen LogP contribution in [0.2, 0.25) is 0 Å². The Bertz CT molecular complexity index is 727. The van der Waals surface area contributed by atoms with Crippen molar-refractivity contribution in [2.45, 2.75) is 12.8 Å². The molecule has 0 radical (unpaired) electrons. The first-order valence-electron chi connectivity index (χ1n) is 10.3. The molecule has 1 aliphatic heterocycles. The van der Waals surface area contributed by atoms with Crippen LogP contribution in [0.3, 0.4) is 0 Å². The predicted molar refractivity (Wildman–Crippen MR) is 115 cm³/mol. The molecule has 1 aliphatic rings. The van der Waals surface area contributed by atoms with E-state index in [1.54, 1.807) is 13.4 Å². The van der Waals surface area contributed by atoms with Crippen molar-refractivity contribution >= 4 is 5.96 Å². The highest BCUT2D eigenvalue weighted by atomic mass is 16.5. The molecule has 2 N–H and O–H groups in total. The maximum absolute atomic E-state index is 5.44. The molecular formula is C22H32N4O3. The highest BCUT2D eigenvalue weighted by Gasteiger charge is 2.09. The molecule has 0 spiro atoms. The van der Waals surface area contributed by atoms with E-state index in [4.69, 9.17) is 18.9 Å². The number of guanidine groups is 1. The predicted octanol–water partition coefficient (Wildman–Crippen LogP) is 1.94. The van der Waals surface area contributed by atoms with Gasteiger partial charge in [-0.15, -0.1) is 0 Å². The lowest BCUT2D eigenvalue weighted by Crippen LogP contribution is -2.41. The van der Waals surface area contributed by atoms with Gasteiger partial charge in [0.25, 0.3) is 0 Å². The molecule has 29 heavy (non-hydrogen) atoms. The summed E-state index contributed by atoms with van der Waals surface area (Å²) >= 11 is 0. The first-order chi connectivity index (χ1) is 14.3. The second-order valence-corrected chi connectivity index (χ2v) is 6.93. The molecule has 1 aromatic heterocycles. The molecule has 1 saturated heterocycles. The Morgan fingerprint density at radius 2 is 1.86 bits per heavy atom. The van der Waals surface area contributed by atoms with Gasteiger partial charge in [-0.25, -0.2) is 0 Å². The third-order valence-electron chi connectivity index (χ3n) is 4.91. The van der Waals surface area contributed by atoms with Gasteiger partial charge in [-0.2, -0.15) is 0 Å². The minimum absolute atomic E-state index is 0.755. The minimum Gasteiger partial charge on any atom is -0.496 e. The summed E-state index contributed by atoms with van der Waals surface area (Å²) in [5.74, 6) is 2.73. The maximum Gasteiger partial charge on any atom is 0.191 e. The second kappa shape index (κ2) is 12.1. The standard InChI is InChI=1S/C22H32N4O3/c1-27-21-7-3-2-5-19(21)8-10-23-22(24-11-9-20-6-4-16-29-20)25-12-13-26-14-17-28-18-15-26/h2-7,16H,8-15,17-18H2,1H3,(H2,23,24,25). The molecule has 0 unspecified atom stereocenters. The number of hydrogen-bond acceptors (Lipinski definition) is 5. The van der Waals surface area contributed by atoms with Crippen molar-refractivity contribution in [1.29, 1.82) is 0 Å². The summed E-state index contributed by atoms with van der Waals surface area (Å²) in [6.07, 6.45) is 3.40. The quantitative estimate of drug-likeness (QED) is 0.469. The van der Waals surface area contributed by atoms with Gasteiger partial charge < -0.3 is 24.5 Å². The Labute approximate surface area is 173 Å². The van der Waals surface area contributed by atoms with Crippen molar-refractivity contribution in [2.75, 3.05) is 59.6 Å². The zero-order valence-corrected chi connectivity index (χ0v) is 17.2. The molecule has 2 heterocycles. The van der Waals surface area contributed by atoms with E-state index in [2.05, 4.69) is 21.6 Å². The van der Waals surface area contributed by atoms with E-state index in [1.807, 2.05) is 30.3 Å². The van der Waals surface area contributed by atoms with Crippen molar-refractivity contribution in [3.63, 3.8) is 0 Å². The number of rotatable bonds is 10. The van der Waals surface area contributed by atoms with Gasteiger partial charge in [0.05, 0.1) is 33.1 Å². The molecule has 2 aromatic rings. The molecule has 0 amide bonds. The molecule has 158 valence electrons. The molecule has 1 aromatic carbocycles. The van der Waals surface area contributed by atoms with Gasteiger partial charge >= 0.3 is 0 Å². The number of para-hydroxylation sites is 1. The van der Waals surface area contributed by atoms with E-state index < -0.39 is 0 Å². The zero-order chi connectivity index (χ0) is 20.2. The first-order valence-corrected chi connectivity index (χ1v) is 10.3. The van der Waals surface area contributed by atoms with E-state index in [0.717, 1.165) is 82.8 Å². The monoisotopic (exact) mass is 400 g/mol. The average Bonchev–Trinajstić information content (AvgIpc) is 3.28. The number of morpholine rings is 1. The van der Waals surface area contributed by atoms with Gasteiger partial charge in [0, 0.05) is 39.1 Å². The molecule has 1 fully saturated rings. The van der Waals surface area contributed by atoms with Gasteiger partial charge in [0.15, 0.2) is 5.96 Å². The van der Waals surface area contributed by atoms with Crippen LogP contribution < -0.4 is 15.4 Å². The van der Waals surface area contributed by atoms with Crippen LogP contribution in [-0.2, 0) is 17.6 Å². The smallest absolute Gasteiger partial charge is 0.191 e. The molecule has 0 atom stereocenters. The topological polar surface area (TPSA) is 71.3 Å². The van der Waals surface area contributed by atoms with Crippen LogP contribution in [0.15, 0.2) is 52.1 Å². The number of aliphatic imine (C=N–C) groups is 1. The van der Waals surface area contributed by atoms with Crippen LogP contribution in [-0.4, -0.2) is 70.5 Å². The summed E-state index contributed by atoms with van der Waals surface area (Å²) < 4.78 is 16.3. The fraction of sp³-hybridized carbons (Fsp3) is 0.500. The highest BCUT2D eigenvalue weighted by molar-refractivity contribution is 5.79. The third-order valence-corrected chi connectivity index (χ3v) is 4.91. The number of benzene rings is 1. The van der Waals surface area contributed by atoms with Crippen LogP contribution in [0, 0.1) is 0 Å². The first kappa shape index (κ1) is 21.2. The van der Waals surface area contributed by atoms with Crippen molar-refractivity contribution < 1.29 is 13.9 Å². The molecule has 7 heteroatoms. The van der Waals surface area contributed by atoms with Gasteiger partial charge in [-0.1, -0.05) is 18.2 Å². The van der Waals surface area contributed by atoms with Crippen LogP contribution in [0.5, 0.6) is 5.75 Å². The number of hydrogen-bond donors (Lipinski definition) is 2. The molecule has 7 nitrogen and oxygen atoms in total. The van der Waals surface area contributed by atoms with E-state index >= 15 is 0 Å². The number of furan rings is 1. The van der Waals surface area contributed by atoms with Crippen LogP contribution in [0.25, 0.3) is 0 Å². The van der Waals surface area contributed by atoms with E-state index in [1.165, 1.54) is 5.56 Å². The number of nitrogens with zero attached hydrogens (tertiary/aromatic N) is 2. The second-order valence-electron chi connectivity index (χ2n) is 6.93. The van der Waals surface area contributed by atoms with Gasteiger partial charge in [-0.3, -0.25) is 9.89 Å². The normalized spacial score (nSPS) is 15.3. The molecule has 0 aliphatic carbocycles. The summed E-state index contributed by atoms with van der Waals surface area (Å²) in [4.78, 5) is 7.15. The van der Waals surface area contributed by atoms with E-state index in [0.29, 0.717) is 0 Å². The number of ether oxygens (including phenoxy) is 2. The van der Waals surface area contributed by atoms with Gasteiger partial charge in [-0.05, 0) is 30.2 Å². The number of methoxy groups -OCH3 is 1. The third kappa shape index (κ3) is 7.44. The van der Waals surface area contributed by atoms with Gasteiger partial charge in [0.2, 0.25) is 0 Å². The Morgan fingerprint density at radius 3 is 2.62 bits per heavy atom. The van der Waals surface area contributed by atoms with Crippen molar-refractivity contribution in [3.05, 3.63) is 54.0 Å². The van der Waals surface area contributed by atoms with Crippen molar-refractivity contribution in [1.82, 2.24) is 15.5 Å². The highest BCUT2D eigenvalue weighted by Crippen LogP contribution is 2.17. The SMILES string of the molecule is COc1ccccc1CCNC(=NCCN1CCOCC1)NCCc1ccco1. The molecule has 0 bridgehead atoms. The lowest BCUT2D eigenvalue weighted by molar-refractivity contribution is 0.0394. The number of nitrogens with one attached hydrogen (secondary N) is 2. The van der Waals surface area contributed by atoms with E-state index in [9.17, 15) is 0 Å². The molecule has 3 rings (SSSR count). The lowest BCUT2D eigenvalue weighted by Gasteiger charge is -2.25. The van der Waals surface area contributed by atoms with Crippen LogP contribution >= 0.6 is 0 Å². The maximum atomic E-state index is 5.44. The van der Waals surface area contributed by atoms with Crippen molar-refractivity contribution in [2.24, 2.45) is 4.99 Å². The zero-order valence-electron chi connectivity index (χ0n) is 17.2. The summed E-state index contributed by atoms with van der Waals surface area (Å²) in [7, 11) is 1.71. The molecular weight excluding hydrogens is 368 g/mol. The van der Waals surface area contributed by atoms with Crippen LogP contribution in [0.4, 0.5) is 0 Å². The van der Waals surface area contributed by atoms with Crippen LogP contribution in [0.1, 0.15) is 11.3 Å². The minimum atomic E-state index is 0.755. The lowest BCUT2D eigenvalue weighted by atomic mass is 10.1. The molecule has 0 saturated carbocycles. The fourth-order valence-corrected chi connectivity index (χ4v) is 3.29. The van der Waals surface area contributed by atoms with Gasteiger partial charge in [0.1, 0.15) is 11.5 Å². The Hall–Kier alpha value is -2.51. The Kier molecular flexibility index (Phi) is 8.88. The van der Waals surface area contributed by atoms with Crippen molar-refractivity contribution in [3.8, 4) is 5.75 Å². The Balaban J connectivity index is 1.48. The fourth-order valence-electron chi connectivity index (χ4n) is 3.29. The largest absolute Gasteiger partial charge is 0.496 e. The summed E-state index contributed by atoms with van der Waals surface area (Å²) in [6.45, 7) is 6.85. The summed E-state index contributed by atoms with van der Waals surface area (Å²) in [6, 6.07) is 12.0. The average molecular weight is 401 g/mol. The summed E-state index contributed by atoms with van der Waals surface area (Å²) in [5.41, 5.74) is 1.19. The Morgan fingerprint density at radius 1 is 1.07 bits per heavy atom.